The molecule has 0 bridgehead atoms. The van der Waals surface area contributed by atoms with Crippen LogP contribution in [0, 0.1) is 17.8 Å². The first-order chi connectivity index (χ1) is 15.9. The van der Waals surface area contributed by atoms with Crippen molar-refractivity contribution in [2.75, 3.05) is 0 Å². The number of aromatic nitrogens is 3. The second-order valence-corrected chi connectivity index (χ2v) is 9.96. The Labute approximate surface area is 201 Å². The van der Waals surface area contributed by atoms with Crippen LogP contribution in [0.1, 0.15) is 119 Å². The summed E-state index contributed by atoms with van der Waals surface area (Å²) in [6.07, 6.45) is 12.2. The molecule has 33 heavy (non-hydrogen) atoms. The Morgan fingerprint density at radius 2 is 0.818 bits per heavy atom. The Hall–Kier alpha value is -1.59. The summed E-state index contributed by atoms with van der Waals surface area (Å²) in [5, 5.41) is 0. The molecule has 0 aliphatic carbocycles. The molecule has 1 aromatic rings. The fourth-order valence-electron chi connectivity index (χ4n) is 4.90. The van der Waals surface area contributed by atoms with Gasteiger partial charge in [0.25, 0.3) is 0 Å². The first-order valence-corrected chi connectivity index (χ1v) is 13.8. The van der Waals surface area contributed by atoms with Crippen molar-refractivity contribution in [3.63, 3.8) is 0 Å². The largest absolute Gasteiger partial charge is 0.336 e. The number of unbranched alkanes of at least 4 members (excludes halogenated alkanes) is 2. The molecule has 0 aromatic carbocycles. The summed E-state index contributed by atoms with van der Waals surface area (Å²) < 4.78 is 4.15. The Kier molecular flexibility index (Phi) is 14.4. The lowest BCUT2D eigenvalue weighted by molar-refractivity contribution is 0.300. The first-order valence-electron chi connectivity index (χ1n) is 13.8. The summed E-state index contributed by atoms with van der Waals surface area (Å²) in [7, 11) is 0. The number of rotatable bonds is 18. The summed E-state index contributed by atoms with van der Waals surface area (Å²) in [6, 6.07) is 0. The molecule has 0 radical (unpaired) electrons. The average molecular weight is 466 g/mol. The molecule has 6 nitrogen and oxygen atoms in total. The van der Waals surface area contributed by atoms with E-state index in [0.29, 0.717) is 19.6 Å². The molecule has 0 aliphatic heterocycles. The maximum absolute atomic E-state index is 13.5. The van der Waals surface area contributed by atoms with Gasteiger partial charge in [-0.05, 0) is 43.4 Å². The fourth-order valence-corrected chi connectivity index (χ4v) is 4.90. The Morgan fingerprint density at radius 3 is 1.09 bits per heavy atom. The number of hydrogen-bond donors (Lipinski definition) is 0. The summed E-state index contributed by atoms with van der Waals surface area (Å²) >= 11 is 0. The molecule has 1 rings (SSSR count). The highest BCUT2D eigenvalue weighted by Gasteiger charge is 2.22. The average Bonchev–Trinajstić information content (AvgIpc) is 2.81. The number of nitrogens with zero attached hydrogens (tertiary/aromatic N) is 3. The van der Waals surface area contributed by atoms with E-state index in [0.717, 1.165) is 77.0 Å². The topological polar surface area (TPSA) is 66.0 Å². The van der Waals surface area contributed by atoms with Crippen molar-refractivity contribution in [2.45, 2.75) is 138 Å². The highest BCUT2D eigenvalue weighted by molar-refractivity contribution is 4.82. The van der Waals surface area contributed by atoms with Crippen LogP contribution in [0.2, 0.25) is 0 Å². The molecule has 0 saturated carbocycles. The van der Waals surface area contributed by atoms with Crippen molar-refractivity contribution in [2.24, 2.45) is 17.8 Å². The zero-order chi connectivity index (χ0) is 24.8. The summed E-state index contributed by atoms with van der Waals surface area (Å²) in [6.45, 7) is 14.1. The molecule has 192 valence electrons. The predicted molar refractivity (Wildman–Crippen MR) is 139 cm³/mol. The van der Waals surface area contributed by atoms with Crippen LogP contribution in [-0.4, -0.2) is 13.7 Å². The van der Waals surface area contributed by atoms with Gasteiger partial charge in [0.2, 0.25) is 0 Å². The molecule has 0 fully saturated rings. The van der Waals surface area contributed by atoms with Crippen LogP contribution in [0.5, 0.6) is 0 Å². The normalized spacial score (nSPS) is 13.5. The minimum absolute atomic E-state index is 0.277. The van der Waals surface area contributed by atoms with E-state index in [4.69, 9.17) is 0 Å². The lowest BCUT2D eigenvalue weighted by Crippen LogP contribution is -2.56. The third kappa shape index (κ3) is 8.94. The van der Waals surface area contributed by atoms with E-state index in [-0.39, 0.29) is 17.8 Å². The first kappa shape index (κ1) is 29.4. The van der Waals surface area contributed by atoms with Gasteiger partial charge in [0.15, 0.2) is 0 Å². The van der Waals surface area contributed by atoms with E-state index in [1.165, 1.54) is 13.7 Å². The highest BCUT2D eigenvalue weighted by atomic mass is 16.2. The van der Waals surface area contributed by atoms with Crippen molar-refractivity contribution in [1.29, 1.82) is 0 Å². The summed E-state index contributed by atoms with van der Waals surface area (Å²) in [5.74, 6) is 0.840. The second kappa shape index (κ2) is 16.1. The highest BCUT2D eigenvalue weighted by Crippen LogP contribution is 2.16. The van der Waals surface area contributed by atoms with Gasteiger partial charge in [0, 0.05) is 19.6 Å². The van der Waals surface area contributed by atoms with Crippen LogP contribution in [0.3, 0.4) is 0 Å². The quantitative estimate of drug-likeness (QED) is 0.274. The van der Waals surface area contributed by atoms with E-state index in [2.05, 4.69) is 41.5 Å². The second-order valence-electron chi connectivity index (χ2n) is 9.96. The van der Waals surface area contributed by atoms with Crippen molar-refractivity contribution in [3.05, 3.63) is 31.5 Å². The molecule has 0 saturated heterocycles. The van der Waals surface area contributed by atoms with Crippen LogP contribution >= 0.6 is 0 Å². The SMILES string of the molecule is CCCCC(CC)Cn1c(=O)n(CC(CC)CCCC)c(=O)n(CC(CCC)CCC)c1=O. The zero-order valence-corrected chi connectivity index (χ0v) is 22.4. The van der Waals surface area contributed by atoms with E-state index >= 15 is 0 Å². The molecular formula is C27H51N3O3. The molecular weight excluding hydrogens is 414 g/mol. The molecule has 2 unspecified atom stereocenters. The van der Waals surface area contributed by atoms with Gasteiger partial charge in [-0.1, -0.05) is 92.9 Å². The predicted octanol–water partition coefficient (Wildman–Crippen LogP) is 5.82. The van der Waals surface area contributed by atoms with Crippen LogP contribution in [0.15, 0.2) is 14.4 Å². The molecule has 0 N–H and O–H groups in total. The zero-order valence-electron chi connectivity index (χ0n) is 22.4. The minimum Gasteiger partial charge on any atom is -0.247 e. The Bertz CT molecular complexity index is 774. The molecule has 1 heterocycles. The molecule has 0 amide bonds. The minimum atomic E-state index is -0.409. The fraction of sp³-hybridized carbons (Fsp3) is 0.889. The van der Waals surface area contributed by atoms with Crippen LogP contribution in [-0.2, 0) is 19.6 Å². The summed E-state index contributed by atoms with van der Waals surface area (Å²) in [5.41, 5.74) is -1.22. The molecule has 0 spiro atoms. The lowest BCUT2D eigenvalue weighted by Gasteiger charge is -2.22. The van der Waals surface area contributed by atoms with E-state index < -0.39 is 17.1 Å². The van der Waals surface area contributed by atoms with Gasteiger partial charge < -0.3 is 0 Å². The van der Waals surface area contributed by atoms with Gasteiger partial charge in [0.05, 0.1) is 0 Å². The van der Waals surface area contributed by atoms with Crippen molar-refractivity contribution < 1.29 is 0 Å². The van der Waals surface area contributed by atoms with Gasteiger partial charge in [-0.3, -0.25) is 0 Å². The van der Waals surface area contributed by atoms with Crippen LogP contribution < -0.4 is 17.1 Å². The van der Waals surface area contributed by atoms with Gasteiger partial charge in [-0.15, -0.1) is 0 Å². The van der Waals surface area contributed by atoms with E-state index in [1.54, 1.807) is 0 Å². The summed E-state index contributed by atoms with van der Waals surface area (Å²) in [4.78, 5) is 40.4. The third-order valence-corrected chi connectivity index (χ3v) is 7.19. The molecule has 2 atom stereocenters. The monoisotopic (exact) mass is 465 g/mol. The maximum atomic E-state index is 13.5. The van der Waals surface area contributed by atoms with Crippen molar-refractivity contribution >= 4 is 0 Å². The maximum Gasteiger partial charge on any atom is 0.336 e. The molecule has 1 aromatic heterocycles. The van der Waals surface area contributed by atoms with Gasteiger partial charge in [0.1, 0.15) is 0 Å². The Balaban J connectivity index is 3.54. The van der Waals surface area contributed by atoms with Crippen molar-refractivity contribution in [1.82, 2.24) is 13.7 Å². The van der Waals surface area contributed by atoms with Gasteiger partial charge in [-0.25, -0.2) is 28.1 Å². The van der Waals surface area contributed by atoms with Crippen LogP contribution in [0.25, 0.3) is 0 Å². The van der Waals surface area contributed by atoms with E-state index in [1.807, 2.05) is 0 Å². The molecule has 0 aliphatic rings. The third-order valence-electron chi connectivity index (χ3n) is 7.19. The molecule has 6 heteroatoms. The van der Waals surface area contributed by atoms with Crippen molar-refractivity contribution in [3.8, 4) is 0 Å². The van der Waals surface area contributed by atoms with E-state index in [9.17, 15) is 14.4 Å². The number of hydrogen-bond acceptors (Lipinski definition) is 3. The van der Waals surface area contributed by atoms with Gasteiger partial charge in [-0.2, -0.15) is 0 Å². The van der Waals surface area contributed by atoms with Gasteiger partial charge >= 0.3 is 17.1 Å². The standard InChI is InChI=1S/C27H51N3O3/c1-7-13-17-22(11-5)19-28-25(31)29(20-23(12-6)18-14-8-2)27(33)30(26(28)32)21-24(15-9-3)16-10-4/h22-24H,7-21H2,1-6H3. The van der Waals surface area contributed by atoms with Crippen LogP contribution in [0.4, 0.5) is 0 Å². The Morgan fingerprint density at radius 1 is 0.485 bits per heavy atom. The smallest absolute Gasteiger partial charge is 0.247 e. The lowest BCUT2D eigenvalue weighted by atomic mass is 9.98.